The fraction of sp³-hybridized carbons (Fsp3) is 0.278. The number of rotatable bonds is 4. The van der Waals surface area contributed by atoms with E-state index in [2.05, 4.69) is 0 Å². The number of ketones is 1. The molecule has 0 spiro atoms. The van der Waals surface area contributed by atoms with Crippen LogP contribution in [0.5, 0.6) is 11.5 Å². The Morgan fingerprint density at radius 2 is 1.86 bits per heavy atom. The Hall–Kier alpha value is -2.29. The minimum atomic E-state index is -0.459. The van der Waals surface area contributed by atoms with Crippen molar-refractivity contribution in [1.82, 2.24) is 0 Å². The molecule has 21 heavy (non-hydrogen) atoms. The standard InChI is InChI=1S/C18H18O3/c1-12(2)20-16-10-6-4-8-14(16)18(19)17-11-13-7-3-5-9-15(13)21-17/h3-10,12,17H,11H2,1-2H3. The van der Waals surface area contributed by atoms with Crippen molar-refractivity contribution in [3.63, 3.8) is 0 Å². The van der Waals surface area contributed by atoms with Crippen LogP contribution in [-0.2, 0) is 6.42 Å². The second-order valence-corrected chi connectivity index (χ2v) is 5.45. The number of para-hydroxylation sites is 2. The van der Waals surface area contributed by atoms with Gasteiger partial charge in [-0.2, -0.15) is 0 Å². The van der Waals surface area contributed by atoms with Crippen LogP contribution in [-0.4, -0.2) is 18.0 Å². The van der Waals surface area contributed by atoms with Crippen molar-refractivity contribution in [2.24, 2.45) is 0 Å². The highest BCUT2D eigenvalue weighted by atomic mass is 16.5. The highest BCUT2D eigenvalue weighted by Gasteiger charge is 2.31. The average molecular weight is 282 g/mol. The lowest BCUT2D eigenvalue weighted by molar-refractivity contribution is 0.0819. The number of benzene rings is 2. The summed E-state index contributed by atoms with van der Waals surface area (Å²) in [4.78, 5) is 12.7. The largest absolute Gasteiger partial charge is 0.490 e. The molecule has 0 aromatic heterocycles. The van der Waals surface area contributed by atoms with Crippen molar-refractivity contribution >= 4 is 5.78 Å². The fourth-order valence-electron chi connectivity index (χ4n) is 2.53. The first-order valence-electron chi connectivity index (χ1n) is 7.19. The van der Waals surface area contributed by atoms with Gasteiger partial charge in [-0.25, -0.2) is 0 Å². The van der Waals surface area contributed by atoms with Crippen LogP contribution in [0.15, 0.2) is 48.5 Å². The number of hydrogen-bond acceptors (Lipinski definition) is 3. The molecular formula is C18H18O3. The molecule has 1 heterocycles. The maximum atomic E-state index is 12.7. The van der Waals surface area contributed by atoms with Crippen LogP contribution in [0.25, 0.3) is 0 Å². The minimum Gasteiger partial charge on any atom is -0.490 e. The van der Waals surface area contributed by atoms with Crippen molar-refractivity contribution in [1.29, 1.82) is 0 Å². The molecule has 0 saturated carbocycles. The van der Waals surface area contributed by atoms with E-state index in [4.69, 9.17) is 9.47 Å². The third kappa shape index (κ3) is 2.77. The van der Waals surface area contributed by atoms with Gasteiger partial charge in [-0.1, -0.05) is 30.3 Å². The quantitative estimate of drug-likeness (QED) is 0.803. The predicted octanol–water partition coefficient (Wildman–Crippen LogP) is 3.66. The molecule has 1 unspecified atom stereocenters. The molecule has 0 bridgehead atoms. The van der Waals surface area contributed by atoms with E-state index in [1.165, 1.54) is 0 Å². The number of Topliss-reactive ketones (excluding diaryl/α,β-unsaturated/α-hetero) is 1. The Labute approximate surface area is 124 Å². The first-order valence-corrected chi connectivity index (χ1v) is 7.19. The molecule has 0 radical (unpaired) electrons. The molecule has 0 N–H and O–H groups in total. The van der Waals surface area contributed by atoms with E-state index in [0.29, 0.717) is 17.7 Å². The van der Waals surface area contributed by atoms with E-state index in [1.54, 1.807) is 6.07 Å². The number of fused-ring (bicyclic) bond motifs is 1. The normalized spacial score (nSPS) is 16.4. The summed E-state index contributed by atoms with van der Waals surface area (Å²) in [5.74, 6) is 1.40. The van der Waals surface area contributed by atoms with Crippen molar-refractivity contribution in [2.45, 2.75) is 32.5 Å². The Kier molecular flexibility index (Phi) is 3.65. The van der Waals surface area contributed by atoms with Crippen LogP contribution in [0.2, 0.25) is 0 Å². The summed E-state index contributed by atoms with van der Waals surface area (Å²) in [6, 6.07) is 15.1. The lowest BCUT2D eigenvalue weighted by Crippen LogP contribution is -2.26. The second kappa shape index (κ2) is 5.60. The van der Waals surface area contributed by atoms with Crippen LogP contribution in [0.1, 0.15) is 29.8 Å². The lowest BCUT2D eigenvalue weighted by Gasteiger charge is -2.15. The Morgan fingerprint density at radius 3 is 2.62 bits per heavy atom. The Morgan fingerprint density at radius 1 is 1.14 bits per heavy atom. The highest BCUT2D eigenvalue weighted by molar-refractivity contribution is 6.02. The monoisotopic (exact) mass is 282 g/mol. The van der Waals surface area contributed by atoms with Crippen molar-refractivity contribution < 1.29 is 14.3 Å². The number of hydrogen-bond donors (Lipinski definition) is 0. The molecule has 0 saturated heterocycles. The van der Waals surface area contributed by atoms with Gasteiger partial charge in [-0.05, 0) is 37.6 Å². The van der Waals surface area contributed by atoms with Gasteiger partial charge in [0.15, 0.2) is 6.10 Å². The van der Waals surface area contributed by atoms with Gasteiger partial charge >= 0.3 is 0 Å². The summed E-state index contributed by atoms with van der Waals surface area (Å²) in [6.45, 7) is 3.90. The zero-order valence-corrected chi connectivity index (χ0v) is 12.2. The van der Waals surface area contributed by atoms with Gasteiger partial charge in [0.05, 0.1) is 11.7 Å². The van der Waals surface area contributed by atoms with Crippen LogP contribution >= 0.6 is 0 Å². The minimum absolute atomic E-state index is 0.0255. The molecule has 108 valence electrons. The van der Waals surface area contributed by atoms with Crippen LogP contribution in [0, 0.1) is 0 Å². The third-order valence-electron chi connectivity index (χ3n) is 3.45. The molecular weight excluding hydrogens is 264 g/mol. The molecule has 3 rings (SSSR count). The average Bonchev–Trinajstić information content (AvgIpc) is 2.90. The summed E-state index contributed by atoms with van der Waals surface area (Å²) in [5.41, 5.74) is 1.67. The maximum Gasteiger partial charge on any atom is 0.207 e. The van der Waals surface area contributed by atoms with Crippen LogP contribution < -0.4 is 9.47 Å². The second-order valence-electron chi connectivity index (χ2n) is 5.45. The summed E-state index contributed by atoms with van der Waals surface area (Å²) in [5, 5.41) is 0. The van der Waals surface area contributed by atoms with Crippen LogP contribution in [0.4, 0.5) is 0 Å². The molecule has 0 amide bonds. The first kappa shape index (κ1) is 13.7. The fourth-order valence-corrected chi connectivity index (χ4v) is 2.53. The van der Waals surface area contributed by atoms with Gasteiger partial charge in [0, 0.05) is 6.42 Å². The summed E-state index contributed by atoms with van der Waals surface area (Å²) in [6.07, 6.45) is 0.185. The van der Waals surface area contributed by atoms with Crippen LogP contribution in [0.3, 0.4) is 0 Å². The summed E-state index contributed by atoms with van der Waals surface area (Å²) >= 11 is 0. The van der Waals surface area contributed by atoms with Crippen molar-refractivity contribution in [3.05, 3.63) is 59.7 Å². The van der Waals surface area contributed by atoms with E-state index >= 15 is 0 Å². The van der Waals surface area contributed by atoms with Gasteiger partial charge in [0.2, 0.25) is 5.78 Å². The zero-order valence-electron chi connectivity index (χ0n) is 12.2. The molecule has 1 atom stereocenters. The predicted molar refractivity (Wildman–Crippen MR) is 81.1 cm³/mol. The molecule has 0 fully saturated rings. The molecule has 3 heteroatoms. The van der Waals surface area contributed by atoms with Gasteiger partial charge in [0.25, 0.3) is 0 Å². The van der Waals surface area contributed by atoms with E-state index in [0.717, 1.165) is 11.3 Å². The number of carbonyl (C=O) groups is 1. The molecule has 0 aliphatic carbocycles. The topological polar surface area (TPSA) is 35.5 Å². The van der Waals surface area contributed by atoms with Gasteiger partial charge in [-0.15, -0.1) is 0 Å². The van der Waals surface area contributed by atoms with Crippen molar-refractivity contribution in [3.8, 4) is 11.5 Å². The smallest absolute Gasteiger partial charge is 0.207 e. The number of ether oxygens (including phenoxy) is 2. The van der Waals surface area contributed by atoms with Gasteiger partial charge < -0.3 is 9.47 Å². The van der Waals surface area contributed by atoms with Crippen molar-refractivity contribution in [2.75, 3.05) is 0 Å². The molecule has 3 nitrogen and oxygen atoms in total. The van der Waals surface area contributed by atoms with E-state index in [-0.39, 0.29) is 11.9 Å². The molecule has 1 aliphatic heterocycles. The molecule has 2 aromatic rings. The summed E-state index contributed by atoms with van der Waals surface area (Å²) < 4.78 is 11.5. The SMILES string of the molecule is CC(C)Oc1ccccc1C(=O)C1Cc2ccccc2O1. The summed E-state index contributed by atoms with van der Waals surface area (Å²) in [7, 11) is 0. The Bertz CT molecular complexity index is 636. The maximum absolute atomic E-state index is 12.7. The first-order chi connectivity index (χ1) is 10.1. The van der Waals surface area contributed by atoms with E-state index < -0.39 is 6.10 Å². The molecule has 1 aliphatic rings. The van der Waals surface area contributed by atoms with E-state index in [9.17, 15) is 4.79 Å². The highest BCUT2D eigenvalue weighted by Crippen LogP contribution is 2.31. The van der Waals surface area contributed by atoms with Gasteiger partial charge in [-0.3, -0.25) is 4.79 Å². The number of carbonyl (C=O) groups excluding carboxylic acids is 1. The lowest BCUT2D eigenvalue weighted by atomic mass is 10.0. The third-order valence-corrected chi connectivity index (χ3v) is 3.45. The Balaban J connectivity index is 1.84. The van der Waals surface area contributed by atoms with E-state index in [1.807, 2.05) is 56.3 Å². The molecule has 2 aromatic carbocycles. The zero-order chi connectivity index (χ0) is 14.8. The van der Waals surface area contributed by atoms with Gasteiger partial charge in [0.1, 0.15) is 11.5 Å².